The van der Waals surface area contributed by atoms with Gasteiger partial charge in [0.1, 0.15) is 11.5 Å². The number of hydrogen-bond donors (Lipinski definition) is 5. The fraction of sp³-hybridized carbons (Fsp3) is 0.500. The van der Waals surface area contributed by atoms with Gasteiger partial charge in [0.2, 0.25) is 0 Å². The second-order valence-corrected chi connectivity index (χ2v) is 4.40. The molecule has 0 unspecified atom stereocenters. The first kappa shape index (κ1) is 12.2. The zero-order chi connectivity index (χ0) is 13.1. The maximum Gasteiger partial charge on any atom is 0.273 e. The van der Waals surface area contributed by atoms with E-state index in [0.717, 1.165) is 31.7 Å². The zero-order valence-corrected chi connectivity index (χ0v) is 10.3. The highest BCUT2D eigenvalue weighted by molar-refractivity contribution is 5.92. The number of carbonyl (C=O) groups is 1. The molecule has 0 radical (unpaired) electrons. The molecule has 2 saturated heterocycles. The van der Waals surface area contributed by atoms with Crippen LogP contribution in [0.1, 0.15) is 23.3 Å². The molecule has 19 heavy (non-hydrogen) atoms. The van der Waals surface area contributed by atoms with Gasteiger partial charge in [-0.25, -0.2) is 15.8 Å². The van der Waals surface area contributed by atoms with Gasteiger partial charge in [0.05, 0.1) is 12.4 Å². The predicted molar refractivity (Wildman–Crippen MR) is 67.3 cm³/mol. The highest BCUT2D eigenvalue weighted by Gasteiger charge is 2.19. The normalized spacial score (nSPS) is 19.9. The standard InChI is InChI=1S/C10H16N8O/c19-9(13-10-14-16-17-15-10)7-5-11-6-8(12-7)18-3-1-2-4-18/h5-6,10,14-17H,1-4H2,(H,13,19). The number of hydrogen-bond acceptors (Lipinski definition) is 8. The van der Waals surface area contributed by atoms with Crippen LogP contribution >= 0.6 is 0 Å². The van der Waals surface area contributed by atoms with Crippen molar-refractivity contribution in [3.8, 4) is 0 Å². The lowest BCUT2D eigenvalue weighted by Gasteiger charge is -2.16. The molecule has 102 valence electrons. The van der Waals surface area contributed by atoms with Gasteiger partial charge in [0.25, 0.3) is 5.91 Å². The van der Waals surface area contributed by atoms with Gasteiger partial charge < -0.3 is 10.2 Å². The Morgan fingerprint density at radius 1 is 1.26 bits per heavy atom. The van der Waals surface area contributed by atoms with E-state index in [4.69, 9.17) is 0 Å². The van der Waals surface area contributed by atoms with E-state index in [2.05, 4.69) is 42.1 Å². The first-order chi connectivity index (χ1) is 9.33. The summed E-state index contributed by atoms with van der Waals surface area (Å²) in [5.41, 5.74) is 11.1. The molecule has 3 rings (SSSR count). The van der Waals surface area contributed by atoms with Crippen LogP contribution in [0.25, 0.3) is 0 Å². The summed E-state index contributed by atoms with van der Waals surface area (Å²) in [6.07, 6.45) is 5.07. The smallest absolute Gasteiger partial charge is 0.273 e. The van der Waals surface area contributed by atoms with Crippen molar-refractivity contribution in [1.82, 2.24) is 37.2 Å². The first-order valence-corrected chi connectivity index (χ1v) is 6.22. The molecular formula is C10H16N8O. The van der Waals surface area contributed by atoms with Gasteiger partial charge in [-0.2, -0.15) is 11.1 Å². The van der Waals surface area contributed by atoms with E-state index in [1.54, 1.807) is 6.20 Å². The molecule has 2 fully saturated rings. The third-order valence-corrected chi connectivity index (χ3v) is 3.06. The summed E-state index contributed by atoms with van der Waals surface area (Å²) >= 11 is 0. The first-order valence-electron chi connectivity index (χ1n) is 6.22. The molecule has 9 nitrogen and oxygen atoms in total. The third-order valence-electron chi connectivity index (χ3n) is 3.06. The van der Waals surface area contributed by atoms with Crippen LogP contribution in [0, 0.1) is 0 Å². The molecule has 0 atom stereocenters. The topological polar surface area (TPSA) is 106 Å². The highest BCUT2D eigenvalue weighted by Crippen LogP contribution is 2.16. The van der Waals surface area contributed by atoms with Crippen LogP contribution in [0.4, 0.5) is 5.82 Å². The summed E-state index contributed by atoms with van der Waals surface area (Å²) in [5, 5.41) is 2.71. The van der Waals surface area contributed by atoms with Crippen molar-refractivity contribution in [2.24, 2.45) is 0 Å². The summed E-state index contributed by atoms with van der Waals surface area (Å²) in [6.45, 7) is 1.94. The summed E-state index contributed by atoms with van der Waals surface area (Å²) in [7, 11) is 0. The Balaban J connectivity index is 1.69. The summed E-state index contributed by atoms with van der Waals surface area (Å²) in [6, 6.07) is 0. The Labute approximate surface area is 110 Å². The molecule has 9 heteroatoms. The molecule has 0 aromatic carbocycles. The van der Waals surface area contributed by atoms with E-state index in [9.17, 15) is 4.79 Å². The Morgan fingerprint density at radius 3 is 2.74 bits per heavy atom. The van der Waals surface area contributed by atoms with Gasteiger partial charge in [-0.05, 0) is 12.8 Å². The minimum atomic E-state index is -0.398. The number of amides is 1. The summed E-state index contributed by atoms with van der Waals surface area (Å²) < 4.78 is 0. The molecule has 0 aliphatic carbocycles. The minimum absolute atomic E-state index is 0.288. The van der Waals surface area contributed by atoms with E-state index in [-0.39, 0.29) is 5.91 Å². The Kier molecular flexibility index (Phi) is 3.51. The lowest BCUT2D eigenvalue weighted by atomic mass is 10.4. The number of rotatable bonds is 3. The number of anilines is 1. The van der Waals surface area contributed by atoms with Crippen molar-refractivity contribution < 1.29 is 4.79 Å². The lowest BCUT2D eigenvalue weighted by molar-refractivity contribution is 0.0921. The predicted octanol–water partition coefficient (Wildman–Crippen LogP) is -1.79. The highest BCUT2D eigenvalue weighted by atomic mass is 16.2. The molecule has 5 N–H and O–H groups in total. The van der Waals surface area contributed by atoms with Crippen LogP contribution < -0.4 is 32.1 Å². The number of carbonyl (C=O) groups excluding carboxylic acids is 1. The summed E-state index contributed by atoms with van der Waals surface area (Å²) in [4.78, 5) is 22.6. The van der Waals surface area contributed by atoms with Crippen LogP contribution in [0.15, 0.2) is 12.4 Å². The van der Waals surface area contributed by atoms with Gasteiger partial charge in [-0.3, -0.25) is 9.78 Å². The van der Waals surface area contributed by atoms with E-state index in [1.165, 1.54) is 6.20 Å². The molecule has 1 aromatic rings. The largest absolute Gasteiger partial charge is 0.355 e. The number of nitrogens with zero attached hydrogens (tertiary/aromatic N) is 3. The van der Waals surface area contributed by atoms with Crippen molar-refractivity contribution in [2.45, 2.75) is 19.1 Å². The second-order valence-electron chi connectivity index (χ2n) is 4.40. The Morgan fingerprint density at radius 2 is 2.00 bits per heavy atom. The fourth-order valence-corrected chi connectivity index (χ4v) is 2.09. The van der Waals surface area contributed by atoms with E-state index in [0.29, 0.717) is 5.69 Å². The zero-order valence-electron chi connectivity index (χ0n) is 10.3. The van der Waals surface area contributed by atoms with Crippen LogP contribution in [-0.4, -0.2) is 35.3 Å². The maximum absolute atomic E-state index is 12.0. The average Bonchev–Trinajstić information content (AvgIpc) is 3.12. The van der Waals surface area contributed by atoms with Gasteiger partial charge >= 0.3 is 0 Å². The Hall–Kier alpha value is -1.81. The fourth-order valence-electron chi connectivity index (χ4n) is 2.09. The molecule has 2 aliphatic heterocycles. The van der Waals surface area contributed by atoms with Crippen LogP contribution in [0.2, 0.25) is 0 Å². The van der Waals surface area contributed by atoms with Crippen LogP contribution in [0.5, 0.6) is 0 Å². The van der Waals surface area contributed by atoms with Gasteiger partial charge in [0, 0.05) is 13.1 Å². The molecule has 0 bridgehead atoms. The van der Waals surface area contributed by atoms with Crippen molar-refractivity contribution in [2.75, 3.05) is 18.0 Å². The van der Waals surface area contributed by atoms with Gasteiger partial charge in [-0.15, -0.1) is 0 Å². The molecule has 3 heterocycles. The maximum atomic E-state index is 12.0. The van der Waals surface area contributed by atoms with Crippen molar-refractivity contribution in [3.63, 3.8) is 0 Å². The number of hydrazine groups is 3. The van der Waals surface area contributed by atoms with Gasteiger partial charge in [0.15, 0.2) is 6.29 Å². The Bertz CT molecular complexity index is 455. The molecule has 0 spiro atoms. The molecular weight excluding hydrogens is 248 g/mol. The average molecular weight is 264 g/mol. The number of nitrogens with one attached hydrogen (secondary N) is 5. The van der Waals surface area contributed by atoms with E-state index >= 15 is 0 Å². The lowest BCUT2D eigenvalue weighted by Crippen LogP contribution is -2.49. The van der Waals surface area contributed by atoms with Crippen molar-refractivity contribution in [1.29, 1.82) is 0 Å². The van der Waals surface area contributed by atoms with Crippen molar-refractivity contribution >= 4 is 11.7 Å². The van der Waals surface area contributed by atoms with Gasteiger partial charge in [-0.1, -0.05) is 0 Å². The quantitative estimate of drug-likeness (QED) is 0.436. The molecule has 0 saturated carbocycles. The van der Waals surface area contributed by atoms with Crippen LogP contribution in [-0.2, 0) is 0 Å². The minimum Gasteiger partial charge on any atom is -0.355 e. The van der Waals surface area contributed by atoms with E-state index < -0.39 is 6.29 Å². The third kappa shape index (κ3) is 2.79. The molecule has 2 aliphatic rings. The van der Waals surface area contributed by atoms with Crippen LogP contribution in [0.3, 0.4) is 0 Å². The molecule has 1 amide bonds. The second kappa shape index (κ2) is 5.45. The SMILES string of the molecule is O=C(NC1NNNN1)c1cncc(N2CCCC2)n1. The monoisotopic (exact) mass is 264 g/mol. The van der Waals surface area contributed by atoms with Crippen molar-refractivity contribution in [3.05, 3.63) is 18.1 Å². The summed E-state index contributed by atoms with van der Waals surface area (Å²) in [5.74, 6) is 0.470. The van der Waals surface area contributed by atoms with E-state index in [1.807, 2.05) is 0 Å². The molecule has 1 aromatic heterocycles. The number of aromatic nitrogens is 2.